The van der Waals surface area contributed by atoms with Crippen LogP contribution in [0.2, 0.25) is 5.02 Å². The Morgan fingerprint density at radius 2 is 2.04 bits per heavy atom. The highest BCUT2D eigenvalue weighted by Gasteiger charge is 2.19. The van der Waals surface area contributed by atoms with Crippen LogP contribution in [-0.4, -0.2) is 28.3 Å². The molecule has 6 nitrogen and oxygen atoms in total. The molecule has 0 spiro atoms. The van der Waals surface area contributed by atoms with Gasteiger partial charge in [0, 0.05) is 23.7 Å². The predicted octanol–water partition coefficient (Wildman–Crippen LogP) is 3.51. The van der Waals surface area contributed by atoms with Crippen LogP contribution < -0.4 is 15.6 Å². The Morgan fingerprint density at radius 1 is 1.30 bits per heavy atom. The van der Waals surface area contributed by atoms with Gasteiger partial charge in [0.2, 0.25) is 5.88 Å². The number of carbonyl (C=O) groups is 1. The van der Waals surface area contributed by atoms with Gasteiger partial charge in [-0.3, -0.25) is 9.59 Å². The summed E-state index contributed by atoms with van der Waals surface area (Å²) in [5.41, 5.74) is 1.12. The summed E-state index contributed by atoms with van der Waals surface area (Å²) < 4.78 is 6.99. The number of hydrogen-bond acceptors (Lipinski definition) is 4. The molecule has 1 aromatic heterocycles. The van der Waals surface area contributed by atoms with E-state index in [4.69, 9.17) is 16.3 Å². The van der Waals surface area contributed by atoms with Gasteiger partial charge in [-0.2, -0.15) is 4.68 Å². The molecule has 0 saturated heterocycles. The van der Waals surface area contributed by atoms with E-state index in [1.54, 1.807) is 12.1 Å². The summed E-state index contributed by atoms with van der Waals surface area (Å²) in [6, 6.07) is 8.08. The molecule has 7 heteroatoms. The van der Waals surface area contributed by atoms with Crippen LogP contribution >= 0.6 is 11.6 Å². The number of rotatable bonds is 8. The standard InChI is InChI=1S/C20H26ClN3O3/c1-5-17(20(26)22-11-10-13(2)3)27-18-8-9-19(25)24(23-18)16-12-15(21)7-6-14(16)4/h6-9,12-13,17H,5,10-11H2,1-4H3,(H,22,26). The maximum atomic E-state index is 12.3. The van der Waals surface area contributed by atoms with Crippen molar-refractivity contribution in [3.8, 4) is 11.6 Å². The van der Waals surface area contributed by atoms with Gasteiger partial charge in [0.05, 0.1) is 5.69 Å². The van der Waals surface area contributed by atoms with E-state index in [1.165, 1.54) is 16.8 Å². The predicted molar refractivity (Wildman–Crippen MR) is 107 cm³/mol. The van der Waals surface area contributed by atoms with Gasteiger partial charge in [0.15, 0.2) is 6.10 Å². The van der Waals surface area contributed by atoms with Crippen LogP contribution in [0.25, 0.3) is 5.69 Å². The fraction of sp³-hybridized carbons (Fsp3) is 0.450. The number of nitrogens with zero attached hydrogens (tertiary/aromatic N) is 2. The Kier molecular flexibility index (Phi) is 7.42. The third-order valence-electron chi connectivity index (χ3n) is 4.12. The van der Waals surface area contributed by atoms with Gasteiger partial charge in [0.1, 0.15) is 0 Å². The highest BCUT2D eigenvalue weighted by atomic mass is 35.5. The molecule has 1 amide bonds. The lowest BCUT2D eigenvalue weighted by atomic mass is 10.1. The zero-order valence-corrected chi connectivity index (χ0v) is 16.9. The number of nitrogens with one attached hydrogen (secondary N) is 1. The summed E-state index contributed by atoms with van der Waals surface area (Å²) in [7, 11) is 0. The maximum absolute atomic E-state index is 12.3. The molecule has 0 saturated carbocycles. The van der Waals surface area contributed by atoms with Gasteiger partial charge in [-0.1, -0.05) is 38.4 Å². The second-order valence-electron chi connectivity index (χ2n) is 6.84. The van der Waals surface area contributed by atoms with Crippen LogP contribution in [-0.2, 0) is 4.79 Å². The Labute approximate surface area is 164 Å². The summed E-state index contributed by atoms with van der Waals surface area (Å²) in [6.45, 7) is 8.54. The van der Waals surface area contributed by atoms with Crippen molar-refractivity contribution >= 4 is 17.5 Å². The van der Waals surface area contributed by atoms with Crippen molar-refractivity contribution in [2.75, 3.05) is 6.54 Å². The molecular weight excluding hydrogens is 366 g/mol. The van der Waals surface area contributed by atoms with Crippen molar-refractivity contribution in [1.29, 1.82) is 0 Å². The Bertz CT molecular complexity index is 849. The summed E-state index contributed by atoms with van der Waals surface area (Å²) in [4.78, 5) is 24.6. The minimum atomic E-state index is -0.670. The van der Waals surface area contributed by atoms with E-state index < -0.39 is 6.10 Å². The lowest BCUT2D eigenvalue weighted by Crippen LogP contribution is -2.39. The van der Waals surface area contributed by atoms with Crippen LogP contribution in [0.5, 0.6) is 5.88 Å². The van der Waals surface area contributed by atoms with E-state index in [1.807, 2.05) is 19.9 Å². The van der Waals surface area contributed by atoms with E-state index in [-0.39, 0.29) is 17.3 Å². The first kappa shape index (κ1) is 21.0. The summed E-state index contributed by atoms with van der Waals surface area (Å²) in [5, 5.41) is 7.65. The summed E-state index contributed by atoms with van der Waals surface area (Å²) in [5.74, 6) is 0.536. The highest BCUT2D eigenvalue weighted by Crippen LogP contribution is 2.18. The smallest absolute Gasteiger partial charge is 0.271 e. The number of ether oxygens (including phenoxy) is 1. The van der Waals surface area contributed by atoms with Crippen molar-refractivity contribution in [3.05, 3.63) is 51.3 Å². The van der Waals surface area contributed by atoms with Crippen molar-refractivity contribution < 1.29 is 9.53 Å². The third-order valence-corrected chi connectivity index (χ3v) is 4.36. The molecule has 0 radical (unpaired) electrons. The topological polar surface area (TPSA) is 73.2 Å². The molecule has 0 bridgehead atoms. The van der Waals surface area contributed by atoms with E-state index in [2.05, 4.69) is 24.3 Å². The second kappa shape index (κ2) is 9.55. The number of amides is 1. The molecule has 27 heavy (non-hydrogen) atoms. The summed E-state index contributed by atoms with van der Waals surface area (Å²) >= 11 is 6.05. The Balaban J connectivity index is 2.20. The molecule has 146 valence electrons. The molecule has 0 fully saturated rings. The SMILES string of the molecule is CCC(Oc1ccc(=O)n(-c2cc(Cl)ccc2C)n1)C(=O)NCCC(C)C. The van der Waals surface area contributed by atoms with Gasteiger partial charge < -0.3 is 10.1 Å². The molecule has 1 unspecified atom stereocenters. The first-order valence-electron chi connectivity index (χ1n) is 9.13. The quantitative estimate of drug-likeness (QED) is 0.747. The normalized spacial score (nSPS) is 12.1. The minimum Gasteiger partial charge on any atom is -0.463 e. The Morgan fingerprint density at radius 3 is 2.70 bits per heavy atom. The number of benzene rings is 1. The minimum absolute atomic E-state index is 0.184. The molecule has 1 aromatic carbocycles. The van der Waals surface area contributed by atoms with E-state index in [0.717, 1.165) is 12.0 Å². The first-order valence-corrected chi connectivity index (χ1v) is 9.51. The van der Waals surface area contributed by atoms with Crippen LogP contribution in [0.1, 0.15) is 39.2 Å². The molecule has 0 aliphatic heterocycles. The molecule has 0 aliphatic carbocycles. The van der Waals surface area contributed by atoms with Crippen LogP contribution in [0.15, 0.2) is 35.1 Å². The number of carbonyl (C=O) groups excluding carboxylic acids is 1. The number of aromatic nitrogens is 2. The number of halogens is 1. The van der Waals surface area contributed by atoms with Crippen LogP contribution in [0, 0.1) is 12.8 Å². The van der Waals surface area contributed by atoms with Crippen molar-refractivity contribution in [3.63, 3.8) is 0 Å². The van der Waals surface area contributed by atoms with Crippen molar-refractivity contribution in [2.45, 2.75) is 46.6 Å². The fourth-order valence-corrected chi connectivity index (χ4v) is 2.67. The molecule has 1 atom stereocenters. The van der Waals surface area contributed by atoms with Gasteiger partial charge in [-0.05, 0) is 43.4 Å². The molecular formula is C20H26ClN3O3. The average Bonchev–Trinajstić information content (AvgIpc) is 2.62. The van der Waals surface area contributed by atoms with Gasteiger partial charge in [-0.25, -0.2) is 0 Å². The highest BCUT2D eigenvalue weighted by molar-refractivity contribution is 6.30. The monoisotopic (exact) mass is 391 g/mol. The third kappa shape index (κ3) is 5.82. The Hall–Kier alpha value is -2.34. The molecule has 0 aliphatic rings. The molecule has 2 aromatic rings. The lowest BCUT2D eigenvalue weighted by molar-refractivity contribution is -0.128. The second-order valence-corrected chi connectivity index (χ2v) is 7.28. The van der Waals surface area contributed by atoms with Crippen LogP contribution in [0.4, 0.5) is 0 Å². The summed E-state index contributed by atoms with van der Waals surface area (Å²) in [6.07, 6.45) is 0.722. The first-order chi connectivity index (χ1) is 12.8. The van der Waals surface area contributed by atoms with Gasteiger partial charge in [0.25, 0.3) is 11.5 Å². The van der Waals surface area contributed by atoms with Crippen molar-refractivity contribution in [1.82, 2.24) is 15.1 Å². The average molecular weight is 392 g/mol. The van der Waals surface area contributed by atoms with E-state index in [0.29, 0.717) is 29.6 Å². The number of aryl methyl sites for hydroxylation is 1. The van der Waals surface area contributed by atoms with E-state index in [9.17, 15) is 9.59 Å². The van der Waals surface area contributed by atoms with Gasteiger partial charge >= 0.3 is 0 Å². The largest absolute Gasteiger partial charge is 0.463 e. The zero-order valence-electron chi connectivity index (χ0n) is 16.2. The maximum Gasteiger partial charge on any atom is 0.271 e. The molecule has 1 heterocycles. The molecule has 1 N–H and O–H groups in total. The number of hydrogen-bond donors (Lipinski definition) is 1. The van der Waals surface area contributed by atoms with Crippen LogP contribution in [0.3, 0.4) is 0 Å². The van der Waals surface area contributed by atoms with Gasteiger partial charge in [-0.15, -0.1) is 5.10 Å². The molecule has 2 rings (SSSR count). The zero-order chi connectivity index (χ0) is 20.0. The fourth-order valence-electron chi connectivity index (χ4n) is 2.51. The van der Waals surface area contributed by atoms with E-state index >= 15 is 0 Å². The lowest BCUT2D eigenvalue weighted by Gasteiger charge is -2.18. The van der Waals surface area contributed by atoms with Crippen molar-refractivity contribution in [2.24, 2.45) is 5.92 Å².